The fourth-order valence-electron chi connectivity index (χ4n) is 4.77. The molecule has 1 unspecified atom stereocenters. The quantitative estimate of drug-likeness (QED) is 0.184. The summed E-state index contributed by atoms with van der Waals surface area (Å²) in [6.45, 7) is 2.11. The van der Waals surface area contributed by atoms with E-state index in [1.165, 1.54) is 24.9 Å². The lowest BCUT2D eigenvalue weighted by molar-refractivity contribution is 0.287. The number of thiophene rings is 1. The maximum absolute atomic E-state index is 10.9. The van der Waals surface area contributed by atoms with Gasteiger partial charge in [0.25, 0.3) is 0 Å². The van der Waals surface area contributed by atoms with Crippen molar-refractivity contribution in [2.75, 3.05) is 18.9 Å². The predicted molar refractivity (Wildman–Crippen MR) is 138 cm³/mol. The number of nitrogens with one attached hydrogen (secondary N) is 2. The van der Waals surface area contributed by atoms with Crippen molar-refractivity contribution in [3.8, 4) is 11.3 Å². The van der Waals surface area contributed by atoms with Crippen LogP contribution >= 0.6 is 11.3 Å². The normalized spacial score (nSPS) is 16.3. The van der Waals surface area contributed by atoms with Gasteiger partial charge in [0.1, 0.15) is 11.5 Å². The van der Waals surface area contributed by atoms with Crippen molar-refractivity contribution in [1.82, 2.24) is 9.47 Å². The Morgan fingerprint density at radius 2 is 2.03 bits per heavy atom. The number of fused-ring (bicyclic) bond motifs is 1. The number of rotatable bonds is 7. The van der Waals surface area contributed by atoms with Crippen LogP contribution in [0.1, 0.15) is 24.1 Å². The topological polar surface area (TPSA) is 73.5 Å². The Bertz CT molecular complexity index is 1280. The van der Waals surface area contributed by atoms with Crippen molar-refractivity contribution in [2.45, 2.75) is 31.8 Å². The monoisotopic (exact) mass is 457 g/mol. The number of likely N-dealkylation sites (tertiary alicyclic amines) is 1. The van der Waals surface area contributed by atoms with E-state index in [-0.39, 0.29) is 0 Å². The van der Waals surface area contributed by atoms with Crippen molar-refractivity contribution in [3.05, 3.63) is 75.8 Å². The average Bonchev–Trinajstić information content (AvgIpc) is 3.58. The second kappa shape index (κ2) is 9.29. The third-order valence-electron chi connectivity index (χ3n) is 6.56. The molecule has 0 amide bonds. The molecular weight excluding hydrogens is 430 g/mol. The number of nitrogens with zero attached hydrogens (tertiary/aromatic N) is 3. The Balaban J connectivity index is 1.49. The Morgan fingerprint density at radius 1 is 1.18 bits per heavy atom. The van der Waals surface area contributed by atoms with E-state index in [2.05, 4.69) is 45.2 Å². The smallest absolute Gasteiger partial charge is 0.140 e. The zero-order valence-corrected chi connectivity index (χ0v) is 19.4. The molecule has 1 atom stereocenters. The molecule has 2 aromatic heterocycles. The molecule has 0 radical (unpaired) electrons. The molecule has 168 valence electrons. The Labute approximate surface area is 197 Å². The van der Waals surface area contributed by atoms with Crippen LogP contribution in [0.3, 0.4) is 0 Å². The van der Waals surface area contributed by atoms with Crippen LogP contribution in [0.2, 0.25) is 0 Å². The number of anilines is 1. The average molecular weight is 458 g/mol. The summed E-state index contributed by atoms with van der Waals surface area (Å²) >= 11 is 1.55. The number of benzene rings is 2. The van der Waals surface area contributed by atoms with E-state index >= 15 is 0 Å². The van der Waals surface area contributed by atoms with Gasteiger partial charge < -0.3 is 14.8 Å². The first kappa shape index (κ1) is 21.6. The SMILES string of the molecule is CN1CCCC1CCn1c(-c2ccc(N=O)cc2)cc2cc(NC(=N)c3cccs3)ccc21. The van der Waals surface area contributed by atoms with Crippen molar-refractivity contribution in [2.24, 2.45) is 5.18 Å². The molecule has 6 nitrogen and oxygen atoms in total. The lowest BCUT2D eigenvalue weighted by Gasteiger charge is -2.21. The summed E-state index contributed by atoms with van der Waals surface area (Å²) in [6, 6.07) is 20.5. The fourth-order valence-corrected chi connectivity index (χ4v) is 5.40. The van der Waals surface area contributed by atoms with E-state index in [0.717, 1.165) is 40.2 Å². The van der Waals surface area contributed by atoms with E-state index in [1.54, 1.807) is 23.5 Å². The first-order chi connectivity index (χ1) is 16.1. The second-order valence-electron chi connectivity index (χ2n) is 8.64. The van der Waals surface area contributed by atoms with Gasteiger partial charge in [-0.05, 0) is 91.4 Å². The minimum atomic E-state index is 0.408. The molecular formula is C26H27N5OS. The van der Waals surface area contributed by atoms with Crippen LogP contribution in [-0.2, 0) is 6.54 Å². The number of nitroso groups, excluding NO2 is 1. The largest absolute Gasteiger partial charge is 0.340 e. The number of aryl methyl sites for hydroxylation is 1. The zero-order valence-electron chi connectivity index (χ0n) is 18.6. The van der Waals surface area contributed by atoms with Gasteiger partial charge in [0.15, 0.2) is 0 Å². The number of amidine groups is 1. The van der Waals surface area contributed by atoms with Crippen molar-refractivity contribution < 1.29 is 0 Å². The Kier molecular flexibility index (Phi) is 6.07. The van der Waals surface area contributed by atoms with Gasteiger partial charge in [-0.1, -0.05) is 18.2 Å². The van der Waals surface area contributed by atoms with Gasteiger partial charge in [-0.2, -0.15) is 0 Å². The number of hydrogen-bond acceptors (Lipinski definition) is 5. The minimum absolute atomic E-state index is 0.408. The molecule has 1 aliphatic heterocycles. The van der Waals surface area contributed by atoms with E-state index in [9.17, 15) is 4.91 Å². The molecule has 1 fully saturated rings. The van der Waals surface area contributed by atoms with Gasteiger partial charge in [0.05, 0.1) is 4.88 Å². The van der Waals surface area contributed by atoms with Gasteiger partial charge in [0, 0.05) is 34.9 Å². The molecule has 4 aromatic rings. The summed E-state index contributed by atoms with van der Waals surface area (Å²) in [7, 11) is 2.22. The number of hydrogen-bond donors (Lipinski definition) is 2. The van der Waals surface area contributed by atoms with E-state index < -0.39 is 0 Å². The second-order valence-corrected chi connectivity index (χ2v) is 9.58. The molecule has 0 spiro atoms. The molecule has 2 aromatic carbocycles. The highest BCUT2D eigenvalue weighted by Gasteiger charge is 2.21. The Hall–Kier alpha value is -3.29. The standard InChI is InChI=1S/C26H27N5OS/c1-30-13-2-4-22(30)12-14-31-23-11-10-21(28-26(27)25-5-3-15-33-25)16-19(23)17-24(31)18-6-8-20(29-32)9-7-18/h3,5-11,15-17,22H,2,4,12-14H2,1H3,(H2,27,28). The minimum Gasteiger partial charge on any atom is -0.340 e. The van der Waals surface area contributed by atoms with Gasteiger partial charge in [-0.15, -0.1) is 16.2 Å². The third kappa shape index (κ3) is 4.47. The molecule has 33 heavy (non-hydrogen) atoms. The third-order valence-corrected chi connectivity index (χ3v) is 7.45. The maximum atomic E-state index is 10.9. The molecule has 3 heterocycles. The maximum Gasteiger partial charge on any atom is 0.140 e. The zero-order chi connectivity index (χ0) is 22.8. The summed E-state index contributed by atoms with van der Waals surface area (Å²) in [5.74, 6) is 0.408. The molecule has 7 heteroatoms. The number of aromatic nitrogens is 1. The molecule has 2 N–H and O–H groups in total. The van der Waals surface area contributed by atoms with E-state index in [1.807, 2.05) is 35.7 Å². The molecule has 1 saturated heterocycles. The molecule has 5 rings (SSSR count). The molecule has 0 bridgehead atoms. The predicted octanol–water partition coefficient (Wildman–Crippen LogP) is 6.69. The van der Waals surface area contributed by atoms with E-state index in [0.29, 0.717) is 17.6 Å². The lowest BCUT2D eigenvalue weighted by atomic mass is 10.1. The summed E-state index contributed by atoms with van der Waals surface area (Å²) in [6.07, 6.45) is 3.62. The summed E-state index contributed by atoms with van der Waals surface area (Å²) in [5.41, 5.74) is 4.72. The summed E-state index contributed by atoms with van der Waals surface area (Å²) in [4.78, 5) is 14.3. The van der Waals surface area contributed by atoms with Crippen LogP contribution in [0.5, 0.6) is 0 Å². The first-order valence-corrected chi connectivity index (χ1v) is 12.2. The highest BCUT2D eigenvalue weighted by atomic mass is 32.1. The van der Waals surface area contributed by atoms with Gasteiger partial charge in [-0.3, -0.25) is 5.41 Å². The molecule has 0 aliphatic carbocycles. The van der Waals surface area contributed by atoms with Crippen LogP contribution in [-0.4, -0.2) is 34.9 Å². The van der Waals surface area contributed by atoms with Crippen molar-refractivity contribution in [1.29, 1.82) is 5.41 Å². The van der Waals surface area contributed by atoms with Crippen LogP contribution < -0.4 is 5.32 Å². The van der Waals surface area contributed by atoms with Crippen LogP contribution in [0, 0.1) is 10.3 Å². The first-order valence-electron chi connectivity index (χ1n) is 11.3. The van der Waals surface area contributed by atoms with Crippen LogP contribution in [0.15, 0.2) is 71.2 Å². The van der Waals surface area contributed by atoms with Crippen LogP contribution in [0.4, 0.5) is 11.4 Å². The fraction of sp³-hybridized carbons (Fsp3) is 0.269. The van der Waals surface area contributed by atoms with Gasteiger partial charge >= 0.3 is 0 Å². The van der Waals surface area contributed by atoms with Crippen molar-refractivity contribution in [3.63, 3.8) is 0 Å². The van der Waals surface area contributed by atoms with Gasteiger partial charge in [0.2, 0.25) is 0 Å². The van der Waals surface area contributed by atoms with E-state index in [4.69, 9.17) is 5.41 Å². The van der Waals surface area contributed by atoms with Gasteiger partial charge in [-0.25, -0.2) is 0 Å². The lowest BCUT2D eigenvalue weighted by Crippen LogP contribution is -2.26. The van der Waals surface area contributed by atoms with Crippen molar-refractivity contribution >= 4 is 39.5 Å². The summed E-state index contributed by atoms with van der Waals surface area (Å²) in [5, 5.41) is 17.7. The Morgan fingerprint density at radius 3 is 2.73 bits per heavy atom. The molecule has 0 saturated carbocycles. The van der Waals surface area contributed by atoms with Crippen LogP contribution in [0.25, 0.3) is 22.2 Å². The highest BCUT2D eigenvalue weighted by molar-refractivity contribution is 7.12. The summed E-state index contributed by atoms with van der Waals surface area (Å²) < 4.78 is 2.39. The molecule has 1 aliphatic rings. The highest BCUT2D eigenvalue weighted by Crippen LogP contribution is 2.32.